The van der Waals surface area contributed by atoms with Gasteiger partial charge in [0.1, 0.15) is 30.3 Å². The molecule has 0 N–H and O–H groups in total. The molecule has 2 aromatic rings. The molecular formula is C24H28F3NO4. The third kappa shape index (κ3) is 6.80. The average Bonchev–Trinajstić information content (AvgIpc) is 3.19. The normalized spacial score (nSPS) is 16.7. The molecule has 32 heavy (non-hydrogen) atoms. The van der Waals surface area contributed by atoms with Crippen molar-refractivity contribution in [3.05, 3.63) is 59.7 Å². The van der Waals surface area contributed by atoms with Gasteiger partial charge in [-0.1, -0.05) is 12.1 Å². The Morgan fingerprint density at radius 2 is 1.69 bits per heavy atom. The monoisotopic (exact) mass is 451 g/mol. The van der Waals surface area contributed by atoms with E-state index in [0.29, 0.717) is 30.2 Å². The van der Waals surface area contributed by atoms with Crippen molar-refractivity contribution < 1.29 is 32.2 Å². The maximum atomic E-state index is 12.8. The van der Waals surface area contributed by atoms with Gasteiger partial charge in [0.25, 0.3) is 0 Å². The third-order valence-electron chi connectivity index (χ3n) is 4.93. The number of ether oxygens (including phenoxy) is 3. The van der Waals surface area contributed by atoms with Gasteiger partial charge >= 0.3 is 12.3 Å². The predicted molar refractivity (Wildman–Crippen MR) is 114 cm³/mol. The summed E-state index contributed by atoms with van der Waals surface area (Å²) >= 11 is 0. The lowest BCUT2D eigenvalue weighted by Gasteiger charge is -2.28. The van der Waals surface area contributed by atoms with Crippen LogP contribution in [0, 0.1) is 0 Å². The van der Waals surface area contributed by atoms with Gasteiger partial charge in [0.05, 0.1) is 11.6 Å². The molecule has 5 nitrogen and oxygen atoms in total. The molecule has 2 aromatic carbocycles. The van der Waals surface area contributed by atoms with E-state index in [0.717, 1.165) is 25.0 Å². The van der Waals surface area contributed by atoms with E-state index < -0.39 is 17.3 Å². The molecule has 1 amide bonds. The second-order valence-corrected chi connectivity index (χ2v) is 8.74. The summed E-state index contributed by atoms with van der Waals surface area (Å²) in [5.41, 5.74) is -0.812. The fraction of sp³-hybridized carbons (Fsp3) is 0.458. The van der Waals surface area contributed by atoms with E-state index >= 15 is 0 Å². The Hall–Kier alpha value is -2.90. The Morgan fingerprint density at radius 1 is 1.03 bits per heavy atom. The van der Waals surface area contributed by atoms with Crippen molar-refractivity contribution in [3.8, 4) is 11.5 Å². The number of likely N-dealkylation sites (tertiary alicyclic amines) is 1. The van der Waals surface area contributed by atoms with Gasteiger partial charge in [0, 0.05) is 6.54 Å². The summed E-state index contributed by atoms with van der Waals surface area (Å²) in [6.45, 7) is 6.53. The molecule has 0 spiro atoms. The molecule has 3 rings (SSSR count). The maximum absolute atomic E-state index is 12.8. The minimum atomic E-state index is -4.38. The molecule has 1 aliphatic rings. The minimum Gasteiger partial charge on any atom is -0.491 e. The van der Waals surface area contributed by atoms with Gasteiger partial charge < -0.3 is 19.1 Å². The van der Waals surface area contributed by atoms with E-state index in [1.165, 1.54) is 6.07 Å². The van der Waals surface area contributed by atoms with Gasteiger partial charge in [0.2, 0.25) is 0 Å². The van der Waals surface area contributed by atoms with Crippen molar-refractivity contribution >= 4 is 6.09 Å². The highest BCUT2D eigenvalue weighted by molar-refractivity contribution is 5.69. The number of hydrogen-bond acceptors (Lipinski definition) is 4. The van der Waals surface area contributed by atoms with Gasteiger partial charge in [-0.2, -0.15) is 13.2 Å². The molecular weight excluding hydrogens is 423 g/mol. The quantitative estimate of drug-likeness (QED) is 0.535. The summed E-state index contributed by atoms with van der Waals surface area (Å²) < 4.78 is 55.4. The van der Waals surface area contributed by atoms with Crippen LogP contribution in [0.2, 0.25) is 0 Å². The lowest BCUT2D eigenvalue weighted by atomic mass is 10.1. The summed E-state index contributed by atoms with van der Waals surface area (Å²) in [5, 5.41) is 0. The molecule has 1 aliphatic heterocycles. The van der Waals surface area contributed by atoms with E-state index in [1.807, 2.05) is 20.8 Å². The van der Waals surface area contributed by atoms with Crippen LogP contribution in [0.1, 0.15) is 44.7 Å². The highest BCUT2D eigenvalue weighted by Crippen LogP contribution is 2.30. The minimum absolute atomic E-state index is 0.0248. The van der Waals surface area contributed by atoms with Crippen LogP contribution in [0.4, 0.5) is 18.0 Å². The predicted octanol–water partition coefficient (Wildman–Crippen LogP) is 6.06. The molecule has 174 valence electrons. The van der Waals surface area contributed by atoms with Crippen LogP contribution in [0.5, 0.6) is 11.5 Å². The highest BCUT2D eigenvalue weighted by atomic mass is 19.4. The Morgan fingerprint density at radius 3 is 2.31 bits per heavy atom. The number of benzene rings is 2. The maximum Gasteiger partial charge on any atom is 0.416 e. The topological polar surface area (TPSA) is 48.0 Å². The molecule has 1 fully saturated rings. The number of carbonyl (C=O) groups is 1. The number of halogens is 3. The first-order chi connectivity index (χ1) is 15.0. The summed E-state index contributed by atoms with van der Waals surface area (Å²) in [6, 6.07) is 11.9. The van der Waals surface area contributed by atoms with Crippen LogP contribution in [-0.4, -0.2) is 35.8 Å². The average molecular weight is 451 g/mol. The van der Waals surface area contributed by atoms with E-state index in [1.54, 1.807) is 35.2 Å². The first kappa shape index (κ1) is 23.8. The second-order valence-electron chi connectivity index (χ2n) is 8.74. The molecule has 0 radical (unpaired) electrons. The summed E-state index contributed by atoms with van der Waals surface area (Å²) in [6.07, 6.45) is -2.97. The first-order valence-electron chi connectivity index (χ1n) is 10.5. The van der Waals surface area contributed by atoms with Crippen LogP contribution in [-0.2, 0) is 17.5 Å². The Bertz CT molecular complexity index is 907. The second kappa shape index (κ2) is 9.71. The van der Waals surface area contributed by atoms with Crippen LogP contribution in [0.25, 0.3) is 0 Å². The molecule has 0 saturated carbocycles. The SMILES string of the molecule is CC(C)(C)OC(=O)N1CCCC1COc1ccc(OCc2cccc(C(F)(F)F)c2)cc1. The van der Waals surface area contributed by atoms with E-state index in [4.69, 9.17) is 14.2 Å². The van der Waals surface area contributed by atoms with Crippen molar-refractivity contribution in [1.29, 1.82) is 0 Å². The number of hydrogen-bond donors (Lipinski definition) is 0. The van der Waals surface area contributed by atoms with Crippen molar-refractivity contribution in [2.24, 2.45) is 0 Å². The fourth-order valence-corrected chi connectivity index (χ4v) is 3.40. The van der Waals surface area contributed by atoms with Gasteiger partial charge in [0.15, 0.2) is 0 Å². The number of nitrogens with zero attached hydrogens (tertiary/aromatic N) is 1. The standard InChI is InChI=1S/C24H28F3NO4/c1-23(2,3)32-22(29)28-13-5-8-19(28)16-31-21-11-9-20(10-12-21)30-15-17-6-4-7-18(14-17)24(25,26)27/h4,6-7,9-12,14,19H,5,8,13,15-16H2,1-3H3. The molecule has 8 heteroatoms. The van der Waals surface area contributed by atoms with E-state index in [-0.39, 0.29) is 18.7 Å². The molecule has 0 aliphatic carbocycles. The smallest absolute Gasteiger partial charge is 0.416 e. The zero-order valence-electron chi connectivity index (χ0n) is 18.4. The first-order valence-corrected chi connectivity index (χ1v) is 10.5. The summed E-state index contributed by atoms with van der Waals surface area (Å²) in [4.78, 5) is 14.1. The van der Waals surface area contributed by atoms with Crippen molar-refractivity contribution in [2.45, 2.75) is 58.0 Å². The van der Waals surface area contributed by atoms with Gasteiger partial charge in [-0.15, -0.1) is 0 Å². The zero-order chi connectivity index (χ0) is 23.4. The largest absolute Gasteiger partial charge is 0.491 e. The molecule has 0 bridgehead atoms. The van der Waals surface area contributed by atoms with Crippen molar-refractivity contribution in [2.75, 3.05) is 13.2 Å². The van der Waals surface area contributed by atoms with E-state index in [2.05, 4.69) is 0 Å². The van der Waals surface area contributed by atoms with E-state index in [9.17, 15) is 18.0 Å². The lowest BCUT2D eigenvalue weighted by Crippen LogP contribution is -2.42. The summed E-state index contributed by atoms with van der Waals surface area (Å²) in [5.74, 6) is 1.14. The van der Waals surface area contributed by atoms with Gasteiger partial charge in [-0.25, -0.2) is 4.79 Å². The Kier molecular flexibility index (Phi) is 7.21. The fourth-order valence-electron chi connectivity index (χ4n) is 3.40. The number of alkyl halides is 3. The molecule has 1 unspecified atom stereocenters. The number of rotatable bonds is 6. The Balaban J connectivity index is 1.50. The Labute approximate surface area is 186 Å². The van der Waals surface area contributed by atoms with Crippen molar-refractivity contribution in [1.82, 2.24) is 4.90 Å². The number of amides is 1. The van der Waals surface area contributed by atoms with Crippen LogP contribution in [0.15, 0.2) is 48.5 Å². The van der Waals surface area contributed by atoms with Crippen LogP contribution < -0.4 is 9.47 Å². The molecule has 1 saturated heterocycles. The van der Waals surface area contributed by atoms with Crippen molar-refractivity contribution in [3.63, 3.8) is 0 Å². The molecule has 1 heterocycles. The lowest BCUT2D eigenvalue weighted by molar-refractivity contribution is -0.137. The zero-order valence-corrected chi connectivity index (χ0v) is 18.4. The molecule has 0 aromatic heterocycles. The van der Waals surface area contributed by atoms with Crippen LogP contribution >= 0.6 is 0 Å². The third-order valence-corrected chi connectivity index (χ3v) is 4.93. The molecule has 1 atom stereocenters. The number of carbonyl (C=O) groups excluding carboxylic acids is 1. The van der Waals surface area contributed by atoms with Crippen LogP contribution in [0.3, 0.4) is 0 Å². The van der Waals surface area contributed by atoms with Gasteiger partial charge in [-0.3, -0.25) is 0 Å². The van der Waals surface area contributed by atoms with Gasteiger partial charge in [-0.05, 0) is 75.6 Å². The highest BCUT2D eigenvalue weighted by Gasteiger charge is 2.32. The summed E-state index contributed by atoms with van der Waals surface area (Å²) in [7, 11) is 0.